The van der Waals surface area contributed by atoms with Crippen LogP contribution in [0.2, 0.25) is 0 Å². The predicted octanol–water partition coefficient (Wildman–Crippen LogP) is 1.43. The van der Waals surface area contributed by atoms with Crippen LogP contribution in [-0.4, -0.2) is 23.9 Å². The second kappa shape index (κ2) is 4.31. The number of ketones is 1. The molecule has 0 bridgehead atoms. The number of hydrogen-bond acceptors (Lipinski definition) is 4. The topological polar surface area (TPSA) is 57.0 Å². The van der Waals surface area contributed by atoms with Crippen LogP contribution < -0.4 is 4.90 Å². The number of aryl methyl sites for hydroxylation is 1. The van der Waals surface area contributed by atoms with E-state index in [9.17, 15) is 4.79 Å². The lowest BCUT2D eigenvalue weighted by Gasteiger charge is -2.27. The highest BCUT2D eigenvalue weighted by molar-refractivity contribution is 5.84. The highest BCUT2D eigenvalue weighted by Crippen LogP contribution is 2.22. The first kappa shape index (κ1) is 10.6. The second-order valence-electron chi connectivity index (χ2n) is 4.00. The Labute approximate surface area is 94.5 Å². The first-order chi connectivity index (χ1) is 7.72. The molecule has 1 saturated heterocycles. The van der Waals surface area contributed by atoms with Crippen LogP contribution in [0.5, 0.6) is 0 Å². The van der Waals surface area contributed by atoms with E-state index in [0.717, 1.165) is 18.5 Å². The average molecular weight is 215 g/mol. The number of nitrogens with zero attached hydrogens (tertiary/aromatic N) is 3. The zero-order valence-electron chi connectivity index (χ0n) is 9.23. The van der Waals surface area contributed by atoms with Crippen LogP contribution in [0.3, 0.4) is 0 Å². The normalized spacial score (nSPS) is 16.0. The molecule has 2 rings (SSSR count). The van der Waals surface area contributed by atoms with Gasteiger partial charge < -0.3 is 4.90 Å². The van der Waals surface area contributed by atoms with Crippen LogP contribution in [0.1, 0.15) is 24.0 Å². The molecule has 4 heteroatoms. The first-order valence-electron chi connectivity index (χ1n) is 5.34. The molecular weight excluding hydrogens is 202 g/mol. The number of hydrogen-bond donors (Lipinski definition) is 0. The molecule has 0 saturated carbocycles. The largest absolute Gasteiger partial charge is 0.348 e. The third-order valence-corrected chi connectivity index (χ3v) is 2.80. The Balaban J connectivity index is 2.36. The van der Waals surface area contributed by atoms with Crippen LogP contribution in [0, 0.1) is 18.3 Å². The van der Waals surface area contributed by atoms with Gasteiger partial charge in [-0.25, -0.2) is 4.98 Å². The minimum atomic E-state index is 0.221. The number of carbonyl (C=O) groups excluding carboxylic acids is 1. The van der Waals surface area contributed by atoms with Crippen LogP contribution in [0.25, 0.3) is 0 Å². The van der Waals surface area contributed by atoms with Crippen molar-refractivity contribution in [2.24, 2.45) is 0 Å². The van der Waals surface area contributed by atoms with Crippen molar-refractivity contribution in [2.75, 3.05) is 18.0 Å². The Morgan fingerprint density at radius 3 is 3.06 bits per heavy atom. The Bertz CT molecular complexity index is 462. The molecule has 0 aromatic carbocycles. The molecule has 1 fully saturated rings. The van der Waals surface area contributed by atoms with Gasteiger partial charge in [0.05, 0.1) is 12.1 Å². The van der Waals surface area contributed by atoms with Gasteiger partial charge in [0.2, 0.25) is 0 Å². The summed E-state index contributed by atoms with van der Waals surface area (Å²) in [4.78, 5) is 17.5. The predicted molar refractivity (Wildman–Crippen MR) is 60.1 cm³/mol. The van der Waals surface area contributed by atoms with Crippen LogP contribution in [0.4, 0.5) is 5.82 Å². The molecule has 1 aliphatic heterocycles. The molecule has 0 radical (unpaired) electrons. The monoisotopic (exact) mass is 215 g/mol. The lowest BCUT2D eigenvalue weighted by molar-refractivity contribution is -0.118. The smallest absolute Gasteiger partial charge is 0.152 e. The van der Waals surface area contributed by atoms with Crippen molar-refractivity contribution in [3.05, 3.63) is 23.4 Å². The van der Waals surface area contributed by atoms with Gasteiger partial charge >= 0.3 is 0 Å². The summed E-state index contributed by atoms with van der Waals surface area (Å²) in [6.07, 6.45) is 3.17. The zero-order valence-corrected chi connectivity index (χ0v) is 9.23. The van der Waals surface area contributed by atoms with Gasteiger partial charge in [-0.15, -0.1) is 0 Å². The molecule has 0 N–H and O–H groups in total. The van der Waals surface area contributed by atoms with Crippen molar-refractivity contribution in [2.45, 2.75) is 19.8 Å². The fourth-order valence-electron chi connectivity index (χ4n) is 1.94. The maximum absolute atomic E-state index is 11.4. The van der Waals surface area contributed by atoms with Crippen molar-refractivity contribution in [3.63, 3.8) is 0 Å². The van der Waals surface area contributed by atoms with Gasteiger partial charge in [0.1, 0.15) is 11.9 Å². The third-order valence-electron chi connectivity index (χ3n) is 2.80. The van der Waals surface area contributed by atoms with Gasteiger partial charge in [-0.2, -0.15) is 5.26 Å². The maximum atomic E-state index is 11.4. The molecule has 0 aliphatic carbocycles. The molecule has 2 heterocycles. The SMILES string of the molecule is Cc1ccnc(N2CCCC(=O)C2)c1C#N. The van der Waals surface area contributed by atoms with Crippen LogP contribution in [-0.2, 0) is 4.79 Å². The van der Waals surface area contributed by atoms with Gasteiger partial charge in [0.25, 0.3) is 0 Å². The van der Waals surface area contributed by atoms with Crippen molar-refractivity contribution >= 4 is 11.6 Å². The molecule has 0 unspecified atom stereocenters. The molecular formula is C12H13N3O. The number of nitriles is 1. The average Bonchev–Trinajstić information content (AvgIpc) is 2.28. The molecule has 0 spiro atoms. The van der Waals surface area contributed by atoms with E-state index in [4.69, 9.17) is 5.26 Å². The minimum absolute atomic E-state index is 0.221. The van der Waals surface area contributed by atoms with E-state index < -0.39 is 0 Å². The number of rotatable bonds is 1. The van der Waals surface area contributed by atoms with E-state index in [-0.39, 0.29) is 5.78 Å². The summed E-state index contributed by atoms with van der Waals surface area (Å²) >= 11 is 0. The fraction of sp³-hybridized carbons (Fsp3) is 0.417. The molecule has 82 valence electrons. The van der Waals surface area contributed by atoms with Crippen molar-refractivity contribution < 1.29 is 4.79 Å². The molecule has 16 heavy (non-hydrogen) atoms. The van der Waals surface area contributed by atoms with Crippen molar-refractivity contribution in [1.82, 2.24) is 4.98 Å². The molecule has 0 amide bonds. The molecule has 1 aromatic rings. The third kappa shape index (κ3) is 1.89. The maximum Gasteiger partial charge on any atom is 0.152 e. The molecule has 4 nitrogen and oxygen atoms in total. The summed E-state index contributed by atoms with van der Waals surface area (Å²) in [5, 5.41) is 9.09. The number of anilines is 1. The lowest BCUT2D eigenvalue weighted by atomic mass is 10.1. The first-order valence-corrected chi connectivity index (χ1v) is 5.34. The number of pyridine rings is 1. The Morgan fingerprint density at radius 1 is 1.56 bits per heavy atom. The highest BCUT2D eigenvalue weighted by atomic mass is 16.1. The summed E-state index contributed by atoms with van der Waals surface area (Å²) in [5.41, 5.74) is 1.49. The van der Waals surface area contributed by atoms with Gasteiger partial charge in [-0.1, -0.05) is 0 Å². The van der Waals surface area contributed by atoms with Crippen molar-refractivity contribution in [1.29, 1.82) is 5.26 Å². The lowest BCUT2D eigenvalue weighted by Crippen LogP contribution is -2.36. The Hall–Kier alpha value is -1.89. The van der Waals surface area contributed by atoms with Crippen LogP contribution in [0.15, 0.2) is 12.3 Å². The van der Waals surface area contributed by atoms with Gasteiger partial charge in [0.15, 0.2) is 5.78 Å². The Morgan fingerprint density at radius 2 is 2.38 bits per heavy atom. The summed E-state index contributed by atoms with van der Waals surface area (Å²) in [5.74, 6) is 0.869. The molecule has 1 aliphatic rings. The summed E-state index contributed by atoms with van der Waals surface area (Å²) in [7, 11) is 0. The number of carbonyl (C=O) groups is 1. The fourth-order valence-corrected chi connectivity index (χ4v) is 1.94. The van der Waals surface area contributed by atoms with E-state index in [1.165, 1.54) is 0 Å². The summed E-state index contributed by atoms with van der Waals surface area (Å²) in [6, 6.07) is 3.97. The van der Waals surface area contributed by atoms with E-state index in [1.54, 1.807) is 6.20 Å². The van der Waals surface area contributed by atoms with E-state index >= 15 is 0 Å². The zero-order chi connectivity index (χ0) is 11.5. The number of aromatic nitrogens is 1. The van der Waals surface area contributed by atoms with Gasteiger partial charge in [-0.3, -0.25) is 4.79 Å². The highest BCUT2D eigenvalue weighted by Gasteiger charge is 2.21. The summed E-state index contributed by atoms with van der Waals surface area (Å²) < 4.78 is 0. The van der Waals surface area contributed by atoms with E-state index in [0.29, 0.717) is 24.3 Å². The molecule has 0 atom stereocenters. The summed E-state index contributed by atoms with van der Waals surface area (Å²) in [6.45, 7) is 3.07. The second-order valence-corrected chi connectivity index (χ2v) is 4.00. The van der Waals surface area contributed by atoms with Crippen LogP contribution >= 0.6 is 0 Å². The molecule has 1 aromatic heterocycles. The quantitative estimate of drug-likeness (QED) is 0.711. The van der Waals surface area contributed by atoms with Gasteiger partial charge in [0, 0.05) is 19.2 Å². The number of Topliss-reactive ketones (excluding diaryl/α,β-unsaturated/α-hetero) is 1. The Kier molecular flexibility index (Phi) is 2.86. The standard InChI is InChI=1S/C12H13N3O/c1-9-4-5-14-12(11(9)7-13)15-6-2-3-10(16)8-15/h4-5H,2-3,6,8H2,1H3. The number of piperidine rings is 1. The van der Waals surface area contributed by atoms with E-state index in [2.05, 4.69) is 11.1 Å². The van der Waals surface area contributed by atoms with E-state index in [1.807, 2.05) is 17.9 Å². The van der Waals surface area contributed by atoms with Crippen molar-refractivity contribution in [3.8, 4) is 6.07 Å². The minimum Gasteiger partial charge on any atom is -0.348 e. The van der Waals surface area contributed by atoms with Gasteiger partial charge in [-0.05, 0) is 25.0 Å².